The topological polar surface area (TPSA) is 60.7 Å². The molecule has 1 saturated carbocycles. The van der Waals surface area contributed by atoms with Crippen molar-refractivity contribution in [1.82, 2.24) is 4.57 Å². The van der Waals surface area contributed by atoms with Crippen molar-refractivity contribution in [3.63, 3.8) is 0 Å². The molecule has 0 aliphatic heterocycles. The second-order valence-corrected chi connectivity index (χ2v) is 8.14. The fourth-order valence-corrected chi connectivity index (χ4v) is 4.81. The zero-order valence-electron chi connectivity index (χ0n) is 16.2. The smallest absolute Gasteiger partial charge is 0.326 e. The molecule has 5 nitrogen and oxygen atoms in total. The van der Waals surface area contributed by atoms with Gasteiger partial charge in [0.05, 0.1) is 16.8 Å². The molecule has 0 N–H and O–H groups in total. The number of thiazole rings is 1. The quantitative estimate of drug-likeness (QED) is 0.667. The molecule has 0 saturated heterocycles. The Hall–Kier alpha value is -1.95. The SMILES string of the molecule is CCOC(=O)Cn1c(=NC(=O)CCC2CCCC2)sc2cc(CC)ccc21. The summed E-state index contributed by atoms with van der Waals surface area (Å²) >= 11 is 1.47. The van der Waals surface area contributed by atoms with Crippen LogP contribution in [0, 0.1) is 5.92 Å². The van der Waals surface area contributed by atoms with Crippen molar-refractivity contribution in [3.8, 4) is 0 Å². The van der Waals surface area contributed by atoms with Crippen LogP contribution in [0.15, 0.2) is 23.2 Å². The minimum Gasteiger partial charge on any atom is -0.465 e. The van der Waals surface area contributed by atoms with E-state index in [1.54, 1.807) is 6.92 Å². The Morgan fingerprint density at radius 3 is 2.74 bits per heavy atom. The van der Waals surface area contributed by atoms with Gasteiger partial charge in [0.25, 0.3) is 0 Å². The molecule has 1 amide bonds. The van der Waals surface area contributed by atoms with Gasteiger partial charge >= 0.3 is 5.97 Å². The average Bonchev–Trinajstić information content (AvgIpc) is 3.28. The zero-order chi connectivity index (χ0) is 19.2. The third kappa shape index (κ3) is 5.06. The predicted octanol–water partition coefficient (Wildman–Crippen LogP) is 4.23. The van der Waals surface area contributed by atoms with Gasteiger partial charge in [-0.2, -0.15) is 4.99 Å². The van der Waals surface area contributed by atoms with Crippen LogP contribution in [0.25, 0.3) is 10.2 Å². The molecule has 3 rings (SSSR count). The lowest BCUT2D eigenvalue weighted by Crippen LogP contribution is -2.23. The van der Waals surface area contributed by atoms with E-state index in [2.05, 4.69) is 24.0 Å². The molecule has 1 heterocycles. The van der Waals surface area contributed by atoms with Crippen LogP contribution >= 0.6 is 11.3 Å². The number of amides is 1. The van der Waals surface area contributed by atoms with Crippen LogP contribution in [-0.4, -0.2) is 23.1 Å². The first-order valence-corrected chi connectivity index (χ1v) is 10.8. The lowest BCUT2D eigenvalue weighted by molar-refractivity contribution is -0.143. The third-order valence-corrected chi connectivity index (χ3v) is 6.25. The summed E-state index contributed by atoms with van der Waals surface area (Å²) in [5.74, 6) is 0.267. The minimum atomic E-state index is -0.309. The van der Waals surface area contributed by atoms with Gasteiger partial charge in [0, 0.05) is 6.42 Å². The van der Waals surface area contributed by atoms with E-state index < -0.39 is 0 Å². The number of hydrogen-bond acceptors (Lipinski definition) is 4. The first-order chi connectivity index (χ1) is 13.1. The van der Waals surface area contributed by atoms with Crippen molar-refractivity contribution in [1.29, 1.82) is 0 Å². The second-order valence-electron chi connectivity index (χ2n) is 7.13. The Morgan fingerprint density at radius 2 is 2.04 bits per heavy atom. The summed E-state index contributed by atoms with van der Waals surface area (Å²) in [6.45, 7) is 4.32. The summed E-state index contributed by atoms with van der Waals surface area (Å²) in [6.07, 6.45) is 7.39. The Bertz CT molecular complexity index is 875. The van der Waals surface area contributed by atoms with Crippen LogP contribution in [0.4, 0.5) is 0 Å². The summed E-state index contributed by atoms with van der Waals surface area (Å²) in [5, 5.41) is 0. The number of fused-ring (bicyclic) bond motifs is 1. The van der Waals surface area contributed by atoms with E-state index in [4.69, 9.17) is 4.74 Å². The molecular formula is C21H28N2O3S. The molecule has 2 aromatic rings. The molecular weight excluding hydrogens is 360 g/mol. The lowest BCUT2D eigenvalue weighted by atomic mass is 10.0. The molecule has 1 aromatic heterocycles. The van der Waals surface area contributed by atoms with Crippen LogP contribution in [0.3, 0.4) is 0 Å². The summed E-state index contributed by atoms with van der Waals surface area (Å²) in [5.41, 5.74) is 2.15. The lowest BCUT2D eigenvalue weighted by Gasteiger charge is -2.06. The Balaban J connectivity index is 1.88. The maximum absolute atomic E-state index is 12.4. The maximum atomic E-state index is 12.4. The summed E-state index contributed by atoms with van der Waals surface area (Å²) in [4.78, 5) is 29.4. The van der Waals surface area contributed by atoms with Gasteiger partial charge in [0.2, 0.25) is 5.91 Å². The van der Waals surface area contributed by atoms with E-state index in [1.165, 1.54) is 42.6 Å². The highest BCUT2D eigenvalue weighted by Gasteiger charge is 2.17. The first kappa shape index (κ1) is 19.8. The van der Waals surface area contributed by atoms with Gasteiger partial charge in [-0.25, -0.2) is 0 Å². The van der Waals surface area contributed by atoms with Crippen molar-refractivity contribution in [3.05, 3.63) is 28.6 Å². The fraction of sp³-hybridized carbons (Fsp3) is 0.571. The summed E-state index contributed by atoms with van der Waals surface area (Å²) in [7, 11) is 0. The van der Waals surface area contributed by atoms with E-state index in [0.717, 1.165) is 23.1 Å². The van der Waals surface area contributed by atoms with E-state index in [1.807, 2.05) is 10.6 Å². The molecule has 1 fully saturated rings. The van der Waals surface area contributed by atoms with Crippen LogP contribution < -0.4 is 4.80 Å². The van der Waals surface area contributed by atoms with Crippen LogP contribution in [0.5, 0.6) is 0 Å². The third-order valence-electron chi connectivity index (χ3n) is 5.21. The van der Waals surface area contributed by atoms with Crippen molar-refractivity contribution < 1.29 is 14.3 Å². The maximum Gasteiger partial charge on any atom is 0.326 e. The predicted molar refractivity (Wildman–Crippen MR) is 108 cm³/mol. The highest BCUT2D eigenvalue weighted by molar-refractivity contribution is 7.16. The summed E-state index contributed by atoms with van der Waals surface area (Å²) in [6, 6.07) is 6.18. The highest BCUT2D eigenvalue weighted by atomic mass is 32.1. The highest BCUT2D eigenvalue weighted by Crippen LogP contribution is 2.28. The number of aryl methyl sites for hydroxylation is 1. The largest absolute Gasteiger partial charge is 0.465 e. The number of benzene rings is 1. The van der Waals surface area contributed by atoms with Gasteiger partial charge in [-0.3, -0.25) is 9.59 Å². The summed E-state index contributed by atoms with van der Waals surface area (Å²) < 4.78 is 7.96. The monoisotopic (exact) mass is 388 g/mol. The number of hydrogen-bond donors (Lipinski definition) is 0. The van der Waals surface area contributed by atoms with Gasteiger partial charge < -0.3 is 9.30 Å². The minimum absolute atomic E-state index is 0.0774. The average molecular weight is 389 g/mol. The standard InChI is InChI=1S/C21H28N2O3S/c1-3-15-9-11-17-18(13-15)27-21(23(17)14-20(25)26-4-2)22-19(24)12-10-16-7-5-6-8-16/h9,11,13,16H,3-8,10,12,14H2,1-2H3. The molecule has 1 aliphatic rings. The van der Waals surface area contributed by atoms with Crippen molar-refractivity contribution in [2.75, 3.05) is 6.61 Å². The molecule has 27 heavy (non-hydrogen) atoms. The molecule has 0 atom stereocenters. The number of ether oxygens (including phenoxy) is 1. The number of aromatic nitrogens is 1. The number of rotatable bonds is 7. The van der Waals surface area contributed by atoms with E-state index in [9.17, 15) is 9.59 Å². The number of nitrogens with zero attached hydrogens (tertiary/aromatic N) is 2. The van der Waals surface area contributed by atoms with Gasteiger partial charge in [-0.15, -0.1) is 0 Å². The van der Waals surface area contributed by atoms with Gasteiger partial charge in [0.1, 0.15) is 6.54 Å². The van der Waals surface area contributed by atoms with Gasteiger partial charge in [-0.1, -0.05) is 50.0 Å². The number of carbonyl (C=O) groups excluding carboxylic acids is 2. The van der Waals surface area contributed by atoms with Crippen LogP contribution in [0.2, 0.25) is 0 Å². The van der Waals surface area contributed by atoms with Crippen molar-refractivity contribution in [2.45, 2.75) is 65.3 Å². The second kappa shape index (κ2) is 9.31. The Kier molecular flexibility index (Phi) is 6.83. The van der Waals surface area contributed by atoms with E-state index >= 15 is 0 Å². The Morgan fingerprint density at radius 1 is 1.26 bits per heavy atom. The molecule has 0 spiro atoms. The first-order valence-electron chi connectivity index (χ1n) is 9.96. The number of esters is 1. The van der Waals surface area contributed by atoms with Crippen LogP contribution in [0.1, 0.15) is 57.9 Å². The zero-order valence-corrected chi connectivity index (χ0v) is 17.0. The number of carbonyl (C=O) groups is 2. The molecule has 1 aliphatic carbocycles. The molecule has 0 unspecified atom stereocenters. The van der Waals surface area contributed by atoms with E-state index in [0.29, 0.717) is 23.7 Å². The van der Waals surface area contributed by atoms with Gasteiger partial charge in [-0.05, 0) is 43.4 Å². The van der Waals surface area contributed by atoms with E-state index in [-0.39, 0.29) is 18.4 Å². The fourth-order valence-electron chi connectivity index (χ4n) is 3.70. The molecule has 0 bridgehead atoms. The van der Waals surface area contributed by atoms with Crippen LogP contribution in [-0.2, 0) is 27.3 Å². The molecule has 146 valence electrons. The van der Waals surface area contributed by atoms with Gasteiger partial charge in [0.15, 0.2) is 4.80 Å². The normalized spacial score (nSPS) is 15.6. The Labute approximate surface area is 164 Å². The molecule has 1 aromatic carbocycles. The molecule has 6 heteroatoms. The van der Waals surface area contributed by atoms with Crippen molar-refractivity contribution >= 4 is 33.4 Å². The van der Waals surface area contributed by atoms with Crippen molar-refractivity contribution in [2.24, 2.45) is 10.9 Å². The molecule has 0 radical (unpaired) electrons.